The zero-order valence-corrected chi connectivity index (χ0v) is 29.6. The number of nitrogens with one attached hydrogen (secondary N) is 1. The summed E-state index contributed by atoms with van der Waals surface area (Å²) in [7, 11) is 0.480. The van der Waals surface area contributed by atoms with Crippen LogP contribution < -0.4 is 15.8 Å². The standard InChI is InChI=1S/C34H45ClN6O4Si/c1-34(2,3)45-33(43)37-21-16-22-8-9-23(17-21)41(22)28-18-36-30-27(19-40(31(30)38-28)20-44-14-15-46(5,6)7)24-10-11-26-25(29(24)35)12-13-39(4)32(26)42/h10-13,18-19,21-23H,8-9,14-17,20H2,1-7H3,(H,37,43)/t21-,22+,23-. The van der Waals surface area contributed by atoms with E-state index in [9.17, 15) is 9.59 Å². The van der Waals surface area contributed by atoms with Crippen molar-refractivity contribution < 1.29 is 14.3 Å². The molecule has 0 spiro atoms. The van der Waals surface area contributed by atoms with Crippen LogP contribution in [0.5, 0.6) is 0 Å². The van der Waals surface area contributed by atoms with Crippen molar-refractivity contribution in [2.75, 3.05) is 11.5 Å². The van der Waals surface area contributed by atoms with Crippen LogP contribution in [0, 0.1) is 0 Å². The van der Waals surface area contributed by atoms with Gasteiger partial charge < -0.3 is 28.8 Å². The van der Waals surface area contributed by atoms with Gasteiger partial charge in [0.1, 0.15) is 23.7 Å². The molecule has 0 radical (unpaired) electrons. The number of halogens is 1. The van der Waals surface area contributed by atoms with Gasteiger partial charge in [0.2, 0.25) is 0 Å². The number of benzene rings is 1. The number of rotatable bonds is 8. The fourth-order valence-electron chi connectivity index (χ4n) is 6.74. The average molecular weight is 665 g/mol. The first-order valence-electron chi connectivity index (χ1n) is 16.2. The van der Waals surface area contributed by atoms with Crippen LogP contribution in [-0.4, -0.2) is 63.6 Å². The summed E-state index contributed by atoms with van der Waals surface area (Å²) in [6.07, 6.45) is 8.98. The van der Waals surface area contributed by atoms with Crippen molar-refractivity contribution >= 4 is 53.5 Å². The number of fused-ring (bicyclic) bond motifs is 4. The van der Waals surface area contributed by atoms with Crippen LogP contribution in [0.3, 0.4) is 0 Å². The number of nitrogens with zero attached hydrogens (tertiary/aromatic N) is 5. The number of anilines is 1. The normalized spacial score (nSPS) is 20.1. The molecule has 0 aliphatic carbocycles. The maximum atomic E-state index is 12.8. The molecule has 0 saturated carbocycles. The lowest BCUT2D eigenvalue weighted by atomic mass is 9.97. The summed E-state index contributed by atoms with van der Waals surface area (Å²) in [6, 6.07) is 7.23. The number of ether oxygens (including phenoxy) is 2. The smallest absolute Gasteiger partial charge is 0.407 e. The Bertz CT molecular complexity index is 1830. The highest BCUT2D eigenvalue weighted by molar-refractivity contribution is 6.76. The van der Waals surface area contributed by atoms with Crippen molar-refractivity contribution in [2.45, 2.75) is 103 Å². The van der Waals surface area contributed by atoms with Gasteiger partial charge in [0, 0.05) is 74.1 Å². The predicted molar refractivity (Wildman–Crippen MR) is 187 cm³/mol. The van der Waals surface area contributed by atoms with E-state index in [1.54, 1.807) is 17.8 Å². The van der Waals surface area contributed by atoms with Gasteiger partial charge in [-0.2, -0.15) is 0 Å². The zero-order valence-electron chi connectivity index (χ0n) is 27.9. The Morgan fingerprint density at radius 3 is 2.48 bits per heavy atom. The Morgan fingerprint density at radius 2 is 1.80 bits per heavy atom. The number of piperidine rings is 1. The largest absolute Gasteiger partial charge is 0.444 e. The van der Waals surface area contributed by atoms with Crippen molar-refractivity contribution in [1.82, 2.24) is 24.4 Å². The van der Waals surface area contributed by atoms with Gasteiger partial charge in [-0.25, -0.2) is 14.8 Å². The Labute approximate surface area is 276 Å². The molecule has 3 atom stereocenters. The van der Waals surface area contributed by atoms with Gasteiger partial charge in [0.15, 0.2) is 5.65 Å². The lowest BCUT2D eigenvalue weighted by Crippen LogP contribution is -2.51. The molecule has 1 amide bonds. The third-order valence-corrected chi connectivity index (χ3v) is 11.1. The van der Waals surface area contributed by atoms with Crippen LogP contribution in [0.2, 0.25) is 30.7 Å². The minimum absolute atomic E-state index is 0.0578. The Kier molecular flexibility index (Phi) is 8.71. The molecule has 2 aliphatic rings. The summed E-state index contributed by atoms with van der Waals surface area (Å²) in [5.74, 6) is 0.830. The zero-order chi connectivity index (χ0) is 33.0. The predicted octanol–water partition coefficient (Wildman–Crippen LogP) is 6.94. The van der Waals surface area contributed by atoms with Gasteiger partial charge >= 0.3 is 6.09 Å². The number of carbonyl (C=O) groups excluding carboxylic acids is 1. The summed E-state index contributed by atoms with van der Waals surface area (Å²) in [4.78, 5) is 37.9. The second-order valence-electron chi connectivity index (χ2n) is 15.0. The first-order chi connectivity index (χ1) is 21.7. The van der Waals surface area contributed by atoms with Crippen molar-refractivity contribution in [3.63, 3.8) is 0 Å². The van der Waals surface area contributed by atoms with Crippen molar-refractivity contribution in [2.24, 2.45) is 7.05 Å². The van der Waals surface area contributed by atoms with Gasteiger partial charge in [0.25, 0.3) is 5.56 Å². The summed E-state index contributed by atoms with van der Waals surface area (Å²) < 4.78 is 15.3. The first kappa shape index (κ1) is 32.5. The molecule has 1 aromatic carbocycles. The monoisotopic (exact) mass is 664 g/mol. The van der Waals surface area contributed by atoms with Crippen LogP contribution in [0.25, 0.3) is 33.1 Å². The number of alkyl carbamates (subject to hydrolysis) is 1. The van der Waals surface area contributed by atoms with E-state index >= 15 is 0 Å². The van der Waals surface area contributed by atoms with Crippen LogP contribution in [0.15, 0.2) is 41.6 Å². The fraction of sp³-hybridized carbons (Fsp3) is 0.529. The van der Waals surface area contributed by atoms with Gasteiger partial charge in [-0.1, -0.05) is 37.3 Å². The van der Waals surface area contributed by atoms with E-state index in [0.717, 1.165) is 59.8 Å². The molecule has 246 valence electrons. The van der Waals surface area contributed by atoms with Crippen LogP contribution in [-0.2, 0) is 23.3 Å². The Morgan fingerprint density at radius 1 is 1.09 bits per heavy atom. The molecule has 10 nitrogen and oxygen atoms in total. The number of aromatic nitrogens is 4. The van der Waals surface area contributed by atoms with E-state index in [4.69, 9.17) is 31.0 Å². The molecule has 6 rings (SSSR count). The van der Waals surface area contributed by atoms with E-state index < -0.39 is 13.7 Å². The van der Waals surface area contributed by atoms with Crippen molar-refractivity contribution in [1.29, 1.82) is 0 Å². The van der Waals surface area contributed by atoms with Crippen LogP contribution in [0.1, 0.15) is 46.5 Å². The quantitative estimate of drug-likeness (QED) is 0.161. The van der Waals surface area contributed by atoms with Gasteiger partial charge in [-0.15, -0.1) is 0 Å². The van der Waals surface area contributed by atoms with Gasteiger partial charge in [-0.05, 0) is 64.6 Å². The van der Waals surface area contributed by atoms with E-state index in [2.05, 4.69) is 29.9 Å². The molecule has 5 heterocycles. The molecule has 3 aromatic heterocycles. The number of amides is 1. The highest BCUT2D eigenvalue weighted by Crippen LogP contribution is 2.41. The van der Waals surface area contributed by atoms with Crippen molar-refractivity contribution in [3.05, 3.63) is 52.2 Å². The summed E-state index contributed by atoms with van der Waals surface area (Å²) in [5, 5.41) is 4.89. The van der Waals surface area contributed by atoms with E-state index in [-0.39, 0.29) is 29.8 Å². The minimum Gasteiger partial charge on any atom is -0.444 e. The topological polar surface area (TPSA) is 104 Å². The molecule has 4 aromatic rings. The molecule has 0 unspecified atom stereocenters. The van der Waals surface area contributed by atoms with E-state index in [0.29, 0.717) is 29.1 Å². The highest BCUT2D eigenvalue weighted by Gasteiger charge is 2.42. The third-order valence-electron chi connectivity index (χ3n) is 8.98. The Balaban J connectivity index is 1.33. The molecule has 2 fully saturated rings. The lowest BCUT2D eigenvalue weighted by molar-refractivity contribution is 0.0492. The molecule has 2 saturated heterocycles. The molecular formula is C34H45ClN6O4Si. The van der Waals surface area contributed by atoms with Gasteiger partial charge in [-0.3, -0.25) is 4.79 Å². The molecule has 12 heteroatoms. The average Bonchev–Trinajstić information content (AvgIpc) is 3.45. The van der Waals surface area contributed by atoms with Crippen molar-refractivity contribution in [3.8, 4) is 11.1 Å². The summed E-state index contributed by atoms with van der Waals surface area (Å²) >= 11 is 6.99. The van der Waals surface area contributed by atoms with Crippen LogP contribution >= 0.6 is 11.6 Å². The number of pyridine rings is 1. The maximum Gasteiger partial charge on any atom is 0.407 e. The maximum absolute atomic E-state index is 12.8. The first-order valence-corrected chi connectivity index (χ1v) is 20.3. The molecule has 1 N–H and O–H groups in total. The molecule has 46 heavy (non-hydrogen) atoms. The number of hydrogen-bond acceptors (Lipinski definition) is 7. The Hall–Kier alpha value is -3.41. The number of hydrogen-bond donors (Lipinski definition) is 1. The third kappa shape index (κ3) is 6.68. The highest BCUT2D eigenvalue weighted by atomic mass is 35.5. The fourth-order valence-corrected chi connectivity index (χ4v) is 7.82. The van der Waals surface area contributed by atoms with Crippen LogP contribution in [0.4, 0.5) is 10.6 Å². The molecular weight excluding hydrogens is 620 g/mol. The SMILES string of the molecule is Cn1ccc2c(Cl)c(-c3cn(COCC[Si](C)(C)C)c4nc(N5[C@@H]6CC[C@H]5C[C@@H](NC(=O)OC(C)(C)C)C6)cnc34)ccc2c1=O. The van der Waals surface area contributed by atoms with E-state index in [1.165, 1.54) is 0 Å². The number of aryl methyl sites for hydroxylation is 1. The molecule has 2 aliphatic heterocycles. The van der Waals surface area contributed by atoms with Gasteiger partial charge in [0.05, 0.1) is 11.2 Å². The summed E-state index contributed by atoms with van der Waals surface area (Å²) in [6.45, 7) is 13.7. The molecule has 2 bridgehead atoms. The second-order valence-corrected chi connectivity index (χ2v) is 21.0. The summed E-state index contributed by atoms with van der Waals surface area (Å²) in [5.41, 5.74) is 2.48. The van der Waals surface area contributed by atoms with E-state index in [1.807, 2.05) is 55.9 Å². The minimum atomic E-state index is -1.25. The second kappa shape index (κ2) is 12.3. The lowest BCUT2D eigenvalue weighted by Gasteiger charge is -2.39. The number of carbonyl (C=O) groups is 1.